The van der Waals surface area contributed by atoms with Crippen LogP contribution in [0.15, 0.2) is 42.5 Å². The lowest BCUT2D eigenvalue weighted by atomic mass is 10.1. The molecule has 0 aliphatic rings. The highest BCUT2D eigenvalue weighted by Gasteiger charge is 2.08. The van der Waals surface area contributed by atoms with Crippen molar-refractivity contribution in [3.05, 3.63) is 70.0 Å². The second kappa shape index (κ2) is 6.65. The van der Waals surface area contributed by atoms with E-state index < -0.39 is 5.82 Å². The third-order valence-corrected chi connectivity index (χ3v) is 3.37. The number of nitrogens with one attached hydrogen (secondary N) is 1. The van der Waals surface area contributed by atoms with Crippen molar-refractivity contribution in [3.63, 3.8) is 0 Å². The normalized spacial score (nSPS) is 10.2. The van der Waals surface area contributed by atoms with E-state index in [-0.39, 0.29) is 22.5 Å². The van der Waals surface area contributed by atoms with Gasteiger partial charge < -0.3 is 11.1 Å². The zero-order valence-corrected chi connectivity index (χ0v) is 12.5. The number of carbonyl (C=O) groups is 1. The number of rotatable bonds is 4. The predicted octanol–water partition coefficient (Wildman–Crippen LogP) is 3.04. The Balaban J connectivity index is 2.06. The van der Waals surface area contributed by atoms with Crippen molar-refractivity contribution in [3.8, 4) is 0 Å². The van der Waals surface area contributed by atoms with Gasteiger partial charge in [-0.25, -0.2) is 4.39 Å². The molecule has 0 radical (unpaired) electrons. The molecule has 0 heterocycles. The molecule has 108 valence electrons. The maximum atomic E-state index is 13.0. The number of amides is 1. The first-order chi connectivity index (χ1) is 9.97. The standard InChI is InChI=1S/C15H12ClFN2OS/c16-12-6-9(4-5-13(12)17)8-19-15(20)11-3-1-2-10(7-11)14(18)21/h1-7H,8H2,(H2,18,21)(H,19,20). The fraction of sp³-hybridized carbons (Fsp3) is 0.0667. The molecule has 2 aromatic carbocycles. The van der Waals surface area contributed by atoms with E-state index in [1.54, 1.807) is 30.3 Å². The van der Waals surface area contributed by atoms with Gasteiger partial charge in [-0.15, -0.1) is 0 Å². The fourth-order valence-electron chi connectivity index (χ4n) is 1.75. The van der Waals surface area contributed by atoms with E-state index >= 15 is 0 Å². The number of hydrogen-bond donors (Lipinski definition) is 2. The van der Waals surface area contributed by atoms with Crippen molar-refractivity contribution in [1.82, 2.24) is 5.32 Å². The smallest absolute Gasteiger partial charge is 0.251 e. The summed E-state index contributed by atoms with van der Waals surface area (Å²) in [6, 6.07) is 11.0. The van der Waals surface area contributed by atoms with E-state index in [1.165, 1.54) is 12.1 Å². The highest BCUT2D eigenvalue weighted by molar-refractivity contribution is 7.80. The zero-order chi connectivity index (χ0) is 15.4. The van der Waals surface area contributed by atoms with E-state index in [1.807, 2.05) is 0 Å². The molecule has 0 aliphatic carbocycles. The first-order valence-corrected chi connectivity index (χ1v) is 6.88. The molecule has 0 bridgehead atoms. The molecule has 0 spiro atoms. The molecule has 0 fully saturated rings. The van der Waals surface area contributed by atoms with Crippen LogP contribution in [-0.2, 0) is 6.54 Å². The summed E-state index contributed by atoms with van der Waals surface area (Å²) in [7, 11) is 0. The lowest BCUT2D eigenvalue weighted by Gasteiger charge is -2.07. The number of benzene rings is 2. The van der Waals surface area contributed by atoms with Crippen LogP contribution in [0.3, 0.4) is 0 Å². The number of carbonyl (C=O) groups excluding carboxylic acids is 1. The summed E-state index contributed by atoms with van der Waals surface area (Å²) >= 11 is 10.6. The van der Waals surface area contributed by atoms with Crippen LogP contribution in [0.1, 0.15) is 21.5 Å². The summed E-state index contributed by atoms with van der Waals surface area (Å²) in [6.07, 6.45) is 0. The van der Waals surface area contributed by atoms with E-state index in [0.29, 0.717) is 16.7 Å². The van der Waals surface area contributed by atoms with Crippen LogP contribution in [-0.4, -0.2) is 10.9 Å². The molecule has 0 atom stereocenters. The molecule has 0 saturated heterocycles. The van der Waals surface area contributed by atoms with Crippen molar-refractivity contribution in [2.75, 3.05) is 0 Å². The summed E-state index contributed by atoms with van der Waals surface area (Å²) in [5.41, 5.74) is 7.32. The summed E-state index contributed by atoms with van der Waals surface area (Å²) < 4.78 is 13.0. The average molecular weight is 323 g/mol. The van der Waals surface area contributed by atoms with Crippen molar-refractivity contribution in [2.24, 2.45) is 5.73 Å². The Labute approximate surface area is 131 Å². The van der Waals surface area contributed by atoms with Crippen LogP contribution in [0.5, 0.6) is 0 Å². The molecule has 0 aromatic heterocycles. The van der Waals surface area contributed by atoms with E-state index in [9.17, 15) is 9.18 Å². The van der Waals surface area contributed by atoms with Gasteiger partial charge in [0.05, 0.1) is 5.02 Å². The van der Waals surface area contributed by atoms with Crippen LogP contribution in [0.4, 0.5) is 4.39 Å². The van der Waals surface area contributed by atoms with Crippen molar-refractivity contribution >= 4 is 34.7 Å². The molecule has 2 rings (SSSR count). The second-order valence-electron chi connectivity index (χ2n) is 4.38. The van der Waals surface area contributed by atoms with E-state index in [4.69, 9.17) is 29.6 Å². The number of thiocarbonyl (C=S) groups is 1. The SMILES string of the molecule is NC(=S)c1cccc(C(=O)NCc2ccc(F)c(Cl)c2)c1. The Morgan fingerprint density at radius 3 is 2.62 bits per heavy atom. The first kappa shape index (κ1) is 15.4. The van der Waals surface area contributed by atoms with Crippen LogP contribution in [0, 0.1) is 5.82 Å². The Morgan fingerprint density at radius 1 is 1.24 bits per heavy atom. The number of nitrogens with two attached hydrogens (primary N) is 1. The molecule has 6 heteroatoms. The molecule has 0 saturated carbocycles. The van der Waals surface area contributed by atoms with Crippen LogP contribution in [0.25, 0.3) is 0 Å². The monoisotopic (exact) mass is 322 g/mol. The van der Waals surface area contributed by atoms with Crippen molar-refractivity contribution in [1.29, 1.82) is 0 Å². The van der Waals surface area contributed by atoms with Gasteiger partial charge in [0.15, 0.2) is 0 Å². The molecule has 0 unspecified atom stereocenters. The molecule has 1 amide bonds. The maximum Gasteiger partial charge on any atom is 0.251 e. The van der Waals surface area contributed by atoms with Gasteiger partial charge in [0, 0.05) is 17.7 Å². The number of hydrogen-bond acceptors (Lipinski definition) is 2. The minimum Gasteiger partial charge on any atom is -0.389 e. The summed E-state index contributed by atoms with van der Waals surface area (Å²) in [6.45, 7) is 0.246. The van der Waals surface area contributed by atoms with E-state index in [0.717, 1.165) is 0 Å². The molecular weight excluding hydrogens is 311 g/mol. The third-order valence-electron chi connectivity index (χ3n) is 2.85. The van der Waals surface area contributed by atoms with Gasteiger partial charge in [-0.1, -0.05) is 42.0 Å². The van der Waals surface area contributed by atoms with Gasteiger partial charge in [0.2, 0.25) is 0 Å². The third kappa shape index (κ3) is 4.00. The summed E-state index contributed by atoms with van der Waals surface area (Å²) in [5, 5.41) is 2.75. The van der Waals surface area contributed by atoms with Gasteiger partial charge in [-0.05, 0) is 29.8 Å². The molecule has 0 aliphatic heterocycles. The second-order valence-corrected chi connectivity index (χ2v) is 5.22. The van der Waals surface area contributed by atoms with Gasteiger partial charge >= 0.3 is 0 Å². The van der Waals surface area contributed by atoms with Crippen LogP contribution in [0.2, 0.25) is 5.02 Å². The quantitative estimate of drug-likeness (QED) is 0.851. The van der Waals surface area contributed by atoms with Crippen molar-refractivity contribution in [2.45, 2.75) is 6.54 Å². The predicted molar refractivity (Wildman–Crippen MR) is 84.9 cm³/mol. The lowest BCUT2D eigenvalue weighted by molar-refractivity contribution is 0.0951. The Morgan fingerprint density at radius 2 is 1.95 bits per heavy atom. The summed E-state index contributed by atoms with van der Waals surface area (Å²) in [5.74, 6) is -0.760. The topological polar surface area (TPSA) is 55.1 Å². The average Bonchev–Trinajstić information content (AvgIpc) is 2.48. The minimum absolute atomic E-state index is 0.0252. The Bertz CT molecular complexity index is 706. The largest absolute Gasteiger partial charge is 0.389 e. The van der Waals surface area contributed by atoms with Gasteiger partial charge in [0.1, 0.15) is 10.8 Å². The minimum atomic E-state index is -0.490. The van der Waals surface area contributed by atoms with Gasteiger partial charge in [-0.2, -0.15) is 0 Å². The molecule has 21 heavy (non-hydrogen) atoms. The first-order valence-electron chi connectivity index (χ1n) is 6.09. The fourth-order valence-corrected chi connectivity index (χ4v) is 2.08. The lowest BCUT2D eigenvalue weighted by Crippen LogP contribution is -2.23. The van der Waals surface area contributed by atoms with Gasteiger partial charge in [-0.3, -0.25) is 4.79 Å². The molecular formula is C15H12ClFN2OS. The molecule has 3 N–H and O–H groups in total. The maximum absolute atomic E-state index is 13.0. The highest BCUT2D eigenvalue weighted by atomic mass is 35.5. The van der Waals surface area contributed by atoms with Crippen molar-refractivity contribution < 1.29 is 9.18 Å². The Kier molecular flexibility index (Phi) is 4.88. The summed E-state index contributed by atoms with van der Waals surface area (Å²) in [4.78, 5) is 12.3. The molecule has 3 nitrogen and oxygen atoms in total. The van der Waals surface area contributed by atoms with Crippen LogP contribution >= 0.6 is 23.8 Å². The van der Waals surface area contributed by atoms with Crippen LogP contribution < -0.4 is 11.1 Å². The zero-order valence-electron chi connectivity index (χ0n) is 10.9. The Hall–Kier alpha value is -1.98. The number of halogens is 2. The van der Waals surface area contributed by atoms with Gasteiger partial charge in [0.25, 0.3) is 5.91 Å². The highest BCUT2D eigenvalue weighted by Crippen LogP contribution is 2.16. The molecule has 2 aromatic rings. The van der Waals surface area contributed by atoms with E-state index in [2.05, 4.69) is 5.32 Å².